The van der Waals surface area contributed by atoms with E-state index in [-0.39, 0.29) is 27.3 Å². The summed E-state index contributed by atoms with van der Waals surface area (Å²) in [5.74, 6) is 0.103. The minimum absolute atomic E-state index is 0.210. The summed E-state index contributed by atoms with van der Waals surface area (Å²) in [4.78, 5) is 0. The first-order valence-electron chi connectivity index (χ1n) is 17.7. The van der Waals surface area contributed by atoms with Crippen LogP contribution in [-0.2, 0) is 32.2 Å². The maximum Gasteiger partial charge on any atom is 0.349 e. The Labute approximate surface area is 291 Å². The van der Waals surface area contributed by atoms with Gasteiger partial charge in [-0.1, -0.05) is 123 Å². The zero-order valence-electron chi connectivity index (χ0n) is 31.2. The fourth-order valence-corrected chi connectivity index (χ4v) is 18.4. The third-order valence-corrected chi connectivity index (χ3v) is 20.9. The molecule has 2 aromatic carbocycles. The first-order valence-corrected chi connectivity index (χ1v) is 21.4. The summed E-state index contributed by atoms with van der Waals surface area (Å²) in [5.41, 5.74) is -0.673. The van der Waals surface area contributed by atoms with Gasteiger partial charge in [-0.2, -0.15) is 0 Å². The summed E-state index contributed by atoms with van der Waals surface area (Å²) in [6, 6.07) is 21.7. The van der Waals surface area contributed by atoms with Gasteiger partial charge in [0, 0.05) is 16.5 Å². The Morgan fingerprint density at radius 1 is 0.771 bits per heavy atom. The highest BCUT2D eigenvalue weighted by Crippen LogP contribution is 2.57. The number of rotatable bonds is 5. The highest BCUT2D eigenvalue weighted by Gasteiger charge is 2.68. The van der Waals surface area contributed by atoms with Gasteiger partial charge in [-0.15, -0.1) is 0 Å². The Hall–Kier alpha value is -1.83. The smallest absolute Gasteiger partial charge is 0.349 e. The van der Waals surface area contributed by atoms with Gasteiger partial charge in [-0.25, -0.2) is 0 Å². The Morgan fingerprint density at radius 2 is 1.33 bits per heavy atom. The summed E-state index contributed by atoms with van der Waals surface area (Å²) >= 11 is 0. The molecule has 0 unspecified atom stereocenters. The second-order valence-corrected chi connectivity index (χ2v) is 26.9. The van der Waals surface area contributed by atoms with Gasteiger partial charge in [-0.3, -0.25) is 0 Å². The molecule has 4 heterocycles. The van der Waals surface area contributed by atoms with Crippen molar-refractivity contribution < 1.29 is 32.2 Å². The molecule has 48 heavy (non-hydrogen) atoms. The van der Waals surface area contributed by atoms with Gasteiger partial charge < -0.3 is 32.2 Å². The van der Waals surface area contributed by atoms with E-state index in [4.69, 9.17) is 32.2 Å². The second-order valence-electron chi connectivity index (χ2n) is 17.9. The molecule has 0 amide bonds. The molecule has 0 aromatic heterocycles. The molecular formula is C39H58O7Si2. The SMILES string of the molecule is CC1(C)OC[C@H](C2=CC[C@]3(C)O[C@@H]4CO[Si](C(C)(C)C)(C(C)(C)C)O[C@H]4[C@H](O[Si](c4ccccc4)(c4ccccc4)C(C)(C)C)[C@H]3O2)O1. The molecule has 6 rings (SSSR count). The number of hydrogen-bond donors (Lipinski definition) is 0. The standard InChI is InChI=1S/C39H58O7Si2/c1-35(2,3)47(27-19-15-13-16-20-27,28-21-17-14-18-22-28)45-33-32-31(26-41-48(46-32,36(4,5)6)37(7,8)9)44-39(12)24-23-29(42-34(33)39)30-25-40-38(10,11)43-30/h13-23,30-34H,24-26H2,1-12H3/t30-,31-,32-,33+,34-,39+/m1/s1. The minimum atomic E-state index is -3.05. The number of benzene rings is 2. The van der Waals surface area contributed by atoms with Gasteiger partial charge >= 0.3 is 8.56 Å². The molecule has 0 saturated carbocycles. The Balaban J connectivity index is 1.54. The molecule has 6 atom stereocenters. The van der Waals surface area contributed by atoms with Crippen LogP contribution >= 0.6 is 0 Å². The van der Waals surface area contributed by atoms with Crippen LogP contribution in [0.1, 0.15) is 89.5 Å². The fraction of sp³-hybridized carbons (Fsp3) is 0.641. The van der Waals surface area contributed by atoms with Gasteiger partial charge in [0.1, 0.15) is 35.8 Å². The van der Waals surface area contributed by atoms with E-state index in [2.05, 4.69) is 136 Å². The van der Waals surface area contributed by atoms with E-state index in [0.29, 0.717) is 19.6 Å². The van der Waals surface area contributed by atoms with E-state index in [1.165, 1.54) is 10.4 Å². The van der Waals surface area contributed by atoms with Crippen LogP contribution in [0.5, 0.6) is 0 Å². The Bertz CT molecular complexity index is 1420. The minimum Gasteiger partial charge on any atom is -0.486 e. The van der Waals surface area contributed by atoms with E-state index in [0.717, 1.165) is 5.76 Å². The van der Waals surface area contributed by atoms with Crippen molar-refractivity contribution in [3.8, 4) is 0 Å². The normalized spacial score (nSPS) is 32.1. The van der Waals surface area contributed by atoms with Crippen LogP contribution in [0.25, 0.3) is 0 Å². The van der Waals surface area contributed by atoms with Crippen molar-refractivity contribution in [3.63, 3.8) is 0 Å². The molecule has 0 spiro atoms. The van der Waals surface area contributed by atoms with Crippen LogP contribution in [-0.4, -0.2) is 72.0 Å². The topological polar surface area (TPSA) is 64.6 Å². The van der Waals surface area contributed by atoms with Crippen molar-refractivity contribution in [3.05, 3.63) is 72.5 Å². The number of hydrogen-bond acceptors (Lipinski definition) is 7. The molecule has 4 aliphatic rings. The fourth-order valence-electron chi connectivity index (χ4n) is 8.73. The molecule has 3 saturated heterocycles. The largest absolute Gasteiger partial charge is 0.486 e. The Morgan fingerprint density at radius 3 is 1.81 bits per heavy atom. The van der Waals surface area contributed by atoms with Crippen LogP contribution < -0.4 is 10.4 Å². The van der Waals surface area contributed by atoms with Crippen LogP contribution in [0.15, 0.2) is 72.5 Å². The van der Waals surface area contributed by atoms with Crippen LogP contribution in [0, 0.1) is 0 Å². The molecule has 9 heteroatoms. The summed E-state index contributed by atoms with van der Waals surface area (Å²) in [6.45, 7) is 27.5. The molecule has 264 valence electrons. The molecule has 2 aromatic rings. The maximum atomic E-state index is 8.07. The number of fused-ring (bicyclic) bond motifs is 2. The zero-order valence-corrected chi connectivity index (χ0v) is 33.2. The second kappa shape index (κ2) is 12.2. The quantitative estimate of drug-likeness (QED) is 0.303. The lowest BCUT2D eigenvalue weighted by Gasteiger charge is -2.62. The lowest BCUT2D eigenvalue weighted by atomic mass is 9.82. The molecule has 0 radical (unpaired) electrons. The molecule has 0 bridgehead atoms. The average Bonchev–Trinajstić information content (AvgIpc) is 3.37. The molecule has 3 fully saturated rings. The first kappa shape index (κ1) is 36.0. The third kappa shape index (κ3) is 6.00. The van der Waals surface area contributed by atoms with Gasteiger partial charge in [-0.05, 0) is 42.3 Å². The summed E-state index contributed by atoms with van der Waals surface area (Å²) in [6.07, 6.45) is 0.836. The van der Waals surface area contributed by atoms with Gasteiger partial charge in [0.15, 0.2) is 11.9 Å². The maximum absolute atomic E-state index is 8.07. The van der Waals surface area contributed by atoms with Crippen LogP contribution in [0.2, 0.25) is 15.1 Å². The molecule has 7 nitrogen and oxygen atoms in total. The highest BCUT2D eigenvalue weighted by atomic mass is 28.4. The molecule has 4 aliphatic heterocycles. The van der Waals surface area contributed by atoms with Crippen molar-refractivity contribution in [2.75, 3.05) is 13.2 Å². The number of ether oxygens (including phenoxy) is 4. The van der Waals surface area contributed by atoms with Gasteiger partial charge in [0.2, 0.25) is 0 Å². The van der Waals surface area contributed by atoms with Gasteiger partial charge in [0.05, 0.1) is 13.2 Å². The van der Waals surface area contributed by atoms with Crippen molar-refractivity contribution in [2.24, 2.45) is 0 Å². The van der Waals surface area contributed by atoms with Crippen molar-refractivity contribution in [1.82, 2.24) is 0 Å². The molecule has 0 N–H and O–H groups in total. The lowest BCUT2D eigenvalue weighted by Crippen LogP contribution is -2.77. The van der Waals surface area contributed by atoms with Crippen molar-refractivity contribution in [2.45, 2.75) is 147 Å². The summed E-state index contributed by atoms with van der Waals surface area (Å²) in [5, 5.41) is 1.77. The first-order chi connectivity index (χ1) is 22.2. The zero-order chi connectivity index (χ0) is 35.0. The van der Waals surface area contributed by atoms with Gasteiger partial charge in [0.25, 0.3) is 8.32 Å². The summed E-state index contributed by atoms with van der Waals surface area (Å²) < 4.78 is 49.1. The molecule has 0 aliphatic carbocycles. The van der Waals surface area contributed by atoms with Crippen LogP contribution in [0.3, 0.4) is 0 Å². The monoisotopic (exact) mass is 694 g/mol. The van der Waals surface area contributed by atoms with Crippen LogP contribution in [0.4, 0.5) is 0 Å². The summed E-state index contributed by atoms with van der Waals surface area (Å²) in [7, 11) is -5.97. The molecular weight excluding hydrogens is 637 g/mol. The lowest BCUT2D eigenvalue weighted by molar-refractivity contribution is -0.285. The average molecular weight is 695 g/mol. The third-order valence-electron chi connectivity index (χ3n) is 10.8. The van der Waals surface area contributed by atoms with Crippen molar-refractivity contribution in [1.29, 1.82) is 0 Å². The van der Waals surface area contributed by atoms with E-state index < -0.39 is 46.6 Å². The highest BCUT2D eigenvalue weighted by molar-refractivity contribution is 6.99. The van der Waals surface area contributed by atoms with E-state index in [1.807, 2.05) is 13.8 Å². The van der Waals surface area contributed by atoms with E-state index in [9.17, 15) is 0 Å². The Kier molecular flexibility index (Phi) is 9.11. The predicted molar refractivity (Wildman–Crippen MR) is 194 cm³/mol. The van der Waals surface area contributed by atoms with Crippen molar-refractivity contribution >= 4 is 27.3 Å². The van der Waals surface area contributed by atoms with E-state index in [1.54, 1.807) is 0 Å². The van der Waals surface area contributed by atoms with E-state index >= 15 is 0 Å². The predicted octanol–water partition coefficient (Wildman–Crippen LogP) is 7.37.